The van der Waals surface area contributed by atoms with Gasteiger partial charge >= 0.3 is 0 Å². The van der Waals surface area contributed by atoms with Crippen LogP contribution in [-0.4, -0.2) is 36.7 Å². The predicted octanol–water partition coefficient (Wildman–Crippen LogP) is 1.26. The van der Waals surface area contributed by atoms with Crippen LogP contribution < -0.4 is 0 Å². The molecule has 0 aromatic heterocycles. The Morgan fingerprint density at radius 1 is 1.55 bits per heavy atom. The van der Waals surface area contributed by atoms with Crippen LogP contribution >= 0.6 is 0 Å². The number of ether oxygens (including phenoxy) is 1. The molecule has 0 saturated carbocycles. The first-order valence-electron chi connectivity index (χ1n) is 4.76. The van der Waals surface area contributed by atoms with Crippen molar-refractivity contribution in [3.63, 3.8) is 0 Å². The minimum absolute atomic E-state index is 0.580. The Balaban J connectivity index is 1.78. The average molecular weight is 155 g/mol. The van der Waals surface area contributed by atoms with Gasteiger partial charge in [-0.05, 0) is 19.4 Å². The summed E-state index contributed by atoms with van der Waals surface area (Å²) in [4.78, 5) is 2.59. The third kappa shape index (κ3) is 1.42. The zero-order valence-corrected chi connectivity index (χ0v) is 7.25. The zero-order valence-electron chi connectivity index (χ0n) is 7.25. The largest absolute Gasteiger partial charge is 0.375 e. The molecule has 0 aromatic rings. The second kappa shape index (κ2) is 3.11. The summed E-state index contributed by atoms with van der Waals surface area (Å²) in [6.45, 7) is 5.74. The van der Waals surface area contributed by atoms with Crippen molar-refractivity contribution in [3.05, 3.63) is 0 Å². The monoisotopic (exact) mass is 155 g/mol. The quantitative estimate of drug-likeness (QED) is 0.608. The highest BCUT2D eigenvalue weighted by molar-refractivity contribution is 4.90. The minimum atomic E-state index is 0.580. The van der Waals surface area contributed by atoms with Crippen LogP contribution in [0.5, 0.6) is 0 Å². The van der Waals surface area contributed by atoms with E-state index in [9.17, 15) is 0 Å². The van der Waals surface area contributed by atoms with Crippen molar-refractivity contribution in [1.29, 1.82) is 0 Å². The average Bonchev–Trinajstić information content (AvgIpc) is 2.60. The van der Waals surface area contributed by atoms with Gasteiger partial charge in [0.2, 0.25) is 0 Å². The summed E-state index contributed by atoms with van der Waals surface area (Å²) in [5, 5.41) is 0. The first-order valence-corrected chi connectivity index (χ1v) is 4.76. The van der Waals surface area contributed by atoms with Crippen molar-refractivity contribution in [3.8, 4) is 0 Å². The lowest BCUT2D eigenvalue weighted by Gasteiger charge is -2.26. The number of rotatable bonds is 3. The summed E-state index contributed by atoms with van der Waals surface area (Å²) < 4.78 is 5.52. The second-order valence-electron chi connectivity index (χ2n) is 3.69. The standard InChI is InChI=1S/C9H17NO/c1-2-3-4-10-6-9-5-8(10)7-11-9/h8-9H,2-7H2,1H3. The lowest BCUT2D eigenvalue weighted by Crippen LogP contribution is -2.37. The molecule has 2 aliphatic heterocycles. The van der Waals surface area contributed by atoms with E-state index in [4.69, 9.17) is 4.74 Å². The Labute approximate surface area is 68.5 Å². The highest BCUT2D eigenvalue weighted by atomic mass is 16.5. The van der Waals surface area contributed by atoms with Gasteiger partial charge in [-0.3, -0.25) is 4.90 Å². The number of nitrogens with zero attached hydrogens (tertiary/aromatic N) is 1. The maximum absolute atomic E-state index is 5.52. The lowest BCUT2D eigenvalue weighted by molar-refractivity contribution is 0.0302. The van der Waals surface area contributed by atoms with Gasteiger partial charge in [-0.2, -0.15) is 0 Å². The smallest absolute Gasteiger partial charge is 0.0718 e. The van der Waals surface area contributed by atoms with Crippen LogP contribution in [0.1, 0.15) is 26.2 Å². The molecule has 2 nitrogen and oxygen atoms in total. The minimum Gasteiger partial charge on any atom is -0.375 e. The summed E-state index contributed by atoms with van der Waals surface area (Å²) in [7, 11) is 0. The molecule has 2 unspecified atom stereocenters. The fourth-order valence-corrected chi connectivity index (χ4v) is 2.11. The molecule has 0 spiro atoms. The third-order valence-electron chi connectivity index (χ3n) is 2.81. The third-order valence-corrected chi connectivity index (χ3v) is 2.81. The van der Waals surface area contributed by atoms with E-state index in [1.807, 2.05) is 0 Å². The van der Waals surface area contributed by atoms with Crippen molar-refractivity contribution in [2.45, 2.75) is 38.3 Å². The number of unbranched alkanes of at least 4 members (excludes halogenated alkanes) is 1. The SMILES string of the molecule is CCCCN1CC2CC1CO2. The summed E-state index contributed by atoms with van der Waals surface area (Å²) in [5.41, 5.74) is 0. The van der Waals surface area contributed by atoms with Crippen LogP contribution in [0.4, 0.5) is 0 Å². The van der Waals surface area contributed by atoms with Gasteiger partial charge in [0.15, 0.2) is 0 Å². The molecule has 2 fully saturated rings. The van der Waals surface area contributed by atoms with Gasteiger partial charge in [0.05, 0.1) is 12.7 Å². The molecule has 0 radical (unpaired) electrons. The van der Waals surface area contributed by atoms with Gasteiger partial charge in [0.25, 0.3) is 0 Å². The number of likely N-dealkylation sites (tertiary alicyclic amines) is 1. The summed E-state index contributed by atoms with van der Waals surface area (Å²) in [6.07, 6.45) is 4.54. The van der Waals surface area contributed by atoms with Gasteiger partial charge in [-0.1, -0.05) is 13.3 Å². The molecule has 64 valence electrons. The number of hydrogen-bond acceptors (Lipinski definition) is 2. The van der Waals surface area contributed by atoms with Gasteiger partial charge in [0, 0.05) is 12.6 Å². The van der Waals surface area contributed by atoms with Crippen LogP contribution in [0.15, 0.2) is 0 Å². The fraction of sp³-hybridized carbons (Fsp3) is 1.00. The lowest BCUT2D eigenvalue weighted by atomic mass is 10.2. The maximum atomic E-state index is 5.52. The van der Waals surface area contributed by atoms with Gasteiger partial charge < -0.3 is 4.74 Å². The van der Waals surface area contributed by atoms with Gasteiger partial charge in [-0.15, -0.1) is 0 Å². The number of morpholine rings is 1. The molecule has 2 aliphatic rings. The Hall–Kier alpha value is -0.0800. The molecule has 0 amide bonds. The van der Waals surface area contributed by atoms with Gasteiger partial charge in [0.1, 0.15) is 0 Å². The van der Waals surface area contributed by atoms with Crippen LogP contribution in [-0.2, 0) is 4.74 Å². The Bertz CT molecular complexity index is 138. The molecule has 0 N–H and O–H groups in total. The molecule has 2 heterocycles. The molecule has 2 bridgehead atoms. The van der Waals surface area contributed by atoms with E-state index in [0.717, 1.165) is 12.6 Å². The van der Waals surface area contributed by atoms with Crippen LogP contribution in [0.25, 0.3) is 0 Å². The van der Waals surface area contributed by atoms with E-state index in [2.05, 4.69) is 11.8 Å². The highest BCUT2D eigenvalue weighted by Crippen LogP contribution is 2.27. The predicted molar refractivity (Wildman–Crippen MR) is 44.6 cm³/mol. The van der Waals surface area contributed by atoms with E-state index in [1.54, 1.807) is 0 Å². The topological polar surface area (TPSA) is 12.5 Å². The van der Waals surface area contributed by atoms with E-state index in [-0.39, 0.29) is 0 Å². The van der Waals surface area contributed by atoms with Crippen molar-refractivity contribution < 1.29 is 4.74 Å². The molecular weight excluding hydrogens is 138 g/mol. The van der Waals surface area contributed by atoms with E-state index in [0.29, 0.717) is 6.10 Å². The molecular formula is C9H17NO. The normalized spacial score (nSPS) is 36.8. The summed E-state index contributed by atoms with van der Waals surface area (Å²) >= 11 is 0. The fourth-order valence-electron chi connectivity index (χ4n) is 2.11. The van der Waals surface area contributed by atoms with Crippen LogP contribution in [0.3, 0.4) is 0 Å². The van der Waals surface area contributed by atoms with E-state index >= 15 is 0 Å². The van der Waals surface area contributed by atoms with Crippen LogP contribution in [0, 0.1) is 0 Å². The highest BCUT2D eigenvalue weighted by Gasteiger charge is 2.38. The maximum Gasteiger partial charge on any atom is 0.0718 e. The molecule has 11 heavy (non-hydrogen) atoms. The van der Waals surface area contributed by atoms with E-state index in [1.165, 1.54) is 32.4 Å². The van der Waals surface area contributed by atoms with Crippen LogP contribution in [0.2, 0.25) is 0 Å². The first kappa shape index (κ1) is 7.56. The Morgan fingerprint density at radius 3 is 3.00 bits per heavy atom. The molecule has 2 atom stereocenters. The second-order valence-corrected chi connectivity index (χ2v) is 3.69. The molecule has 2 rings (SSSR count). The van der Waals surface area contributed by atoms with Crippen molar-refractivity contribution >= 4 is 0 Å². The number of hydrogen-bond donors (Lipinski definition) is 0. The number of fused-ring (bicyclic) bond motifs is 2. The van der Waals surface area contributed by atoms with Crippen molar-refractivity contribution in [2.75, 3.05) is 19.7 Å². The zero-order chi connectivity index (χ0) is 7.68. The van der Waals surface area contributed by atoms with E-state index < -0.39 is 0 Å². The molecule has 2 saturated heterocycles. The summed E-state index contributed by atoms with van der Waals surface area (Å²) in [5.74, 6) is 0. The van der Waals surface area contributed by atoms with Crippen molar-refractivity contribution in [1.82, 2.24) is 4.90 Å². The first-order chi connectivity index (χ1) is 5.40. The van der Waals surface area contributed by atoms with Gasteiger partial charge in [-0.25, -0.2) is 0 Å². The Morgan fingerprint density at radius 2 is 2.45 bits per heavy atom. The molecule has 0 aromatic carbocycles. The van der Waals surface area contributed by atoms with Crippen molar-refractivity contribution in [2.24, 2.45) is 0 Å². The molecule has 0 aliphatic carbocycles. The Kier molecular flexibility index (Phi) is 2.14. The summed E-state index contributed by atoms with van der Waals surface area (Å²) in [6, 6.07) is 0.770. The molecule has 2 heteroatoms.